The number of aromatic carboxylic acids is 1. The lowest BCUT2D eigenvalue weighted by atomic mass is 9.51. The van der Waals surface area contributed by atoms with Gasteiger partial charge in [0.05, 0.1) is 39.6 Å². The van der Waals surface area contributed by atoms with Gasteiger partial charge in [0, 0.05) is 12.0 Å². The zero-order valence-electron chi connectivity index (χ0n) is 24.2. The molecule has 2 heterocycles. The van der Waals surface area contributed by atoms with E-state index in [9.17, 15) is 43.7 Å². The van der Waals surface area contributed by atoms with Gasteiger partial charge in [0.25, 0.3) is 0 Å². The number of carboxylic acid groups (broad SMARTS) is 1. The van der Waals surface area contributed by atoms with Gasteiger partial charge in [0.15, 0.2) is 0 Å². The SMILES string of the molecule is C[C@@]12C(=O)N(c3ccc(F)c(Cl)c3)C(=O)[C@@H]1C[C@@H]1C(=CC[C@@H]3C(=O)N(c4ccc(C(=O)O)c(O)c4)C(=O)[C@@H]31)[C@@H]2c1cccc(O)c1. The van der Waals surface area contributed by atoms with Crippen LogP contribution in [0.4, 0.5) is 15.8 Å². The number of phenolic OH excluding ortho intramolecular Hbond substituents is 1. The minimum atomic E-state index is -1.37. The van der Waals surface area contributed by atoms with Gasteiger partial charge < -0.3 is 15.3 Å². The lowest BCUT2D eigenvalue weighted by molar-refractivity contribution is -0.131. The largest absolute Gasteiger partial charge is 0.508 e. The molecule has 234 valence electrons. The van der Waals surface area contributed by atoms with Gasteiger partial charge in [-0.3, -0.25) is 19.2 Å². The van der Waals surface area contributed by atoms with Crippen molar-refractivity contribution in [1.29, 1.82) is 0 Å². The predicted octanol–water partition coefficient (Wildman–Crippen LogP) is 5.02. The Morgan fingerprint density at radius 2 is 1.63 bits per heavy atom. The van der Waals surface area contributed by atoms with Crippen LogP contribution < -0.4 is 9.80 Å². The minimum absolute atomic E-state index is 0.0186. The molecule has 10 nitrogen and oxygen atoms in total. The highest BCUT2D eigenvalue weighted by atomic mass is 35.5. The van der Waals surface area contributed by atoms with Crippen LogP contribution in [0.5, 0.6) is 11.5 Å². The van der Waals surface area contributed by atoms with Crippen LogP contribution in [-0.4, -0.2) is 44.9 Å². The first-order chi connectivity index (χ1) is 21.8. The lowest BCUT2D eigenvalue weighted by Crippen LogP contribution is -2.48. The number of nitrogens with zero attached hydrogens (tertiary/aromatic N) is 2. The smallest absolute Gasteiger partial charge is 0.339 e. The summed E-state index contributed by atoms with van der Waals surface area (Å²) >= 11 is 6.03. The molecule has 4 aliphatic rings. The van der Waals surface area contributed by atoms with E-state index in [-0.39, 0.29) is 40.6 Å². The van der Waals surface area contributed by atoms with Crippen molar-refractivity contribution in [2.45, 2.75) is 25.7 Å². The molecule has 3 aromatic carbocycles. The molecule has 7 rings (SSSR count). The molecule has 3 fully saturated rings. The Bertz CT molecular complexity index is 1940. The number of rotatable bonds is 4. The molecule has 3 N–H and O–H groups in total. The van der Waals surface area contributed by atoms with Gasteiger partial charge in [-0.25, -0.2) is 19.0 Å². The number of aromatic hydroxyl groups is 2. The lowest BCUT2D eigenvalue weighted by Gasteiger charge is -2.49. The third kappa shape index (κ3) is 4.04. The molecule has 1 saturated carbocycles. The van der Waals surface area contributed by atoms with Gasteiger partial charge in [0.2, 0.25) is 23.6 Å². The van der Waals surface area contributed by atoms with Crippen molar-refractivity contribution in [2.24, 2.45) is 29.1 Å². The van der Waals surface area contributed by atoms with Gasteiger partial charge in [-0.05, 0) is 73.7 Å². The zero-order valence-corrected chi connectivity index (χ0v) is 24.9. The molecular formula is C34H26ClFN2O8. The summed E-state index contributed by atoms with van der Waals surface area (Å²) in [6.45, 7) is 1.68. The number of hydrogen-bond acceptors (Lipinski definition) is 7. The van der Waals surface area contributed by atoms with Crippen LogP contribution in [0.15, 0.2) is 72.3 Å². The second-order valence-electron chi connectivity index (χ2n) is 12.4. The highest BCUT2D eigenvalue weighted by Gasteiger charge is 2.67. The fourth-order valence-corrected chi connectivity index (χ4v) is 8.24. The van der Waals surface area contributed by atoms with Gasteiger partial charge in [-0.2, -0.15) is 0 Å². The minimum Gasteiger partial charge on any atom is -0.508 e. The number of allylic oxidation sites excluding steroid dienone is 2. The molecule has 0 unspecified atom stereocenters. The third-order valence-corrected chi connectivity index (χ3v) is 10.4. The van der Waals surface area contributed by atoms with E-state index in [0.717, 1.165) is 28.0 Å². The molecule has 46 heavy (non-hydrogen) atoms. The number of imide groups is 2. The second-order valence-corrected chi connectivity index (χ2v) is 12.8. The molecule has 2 aliphatic carbocycles. The van der Waals surface area contributed by atoms with Gasteiger partial charge in [0.1, 0.15) is 22.9 Å². The van der Waals surface area contributed by atoms with E-state index in [1.807, 2.05) is 6.08 Å². The molecule has 2 saturated heterocycles. The fourth-order valence-electron chi connectivity index (χ4n) is 8.06. The van der Waals surface area contributed by atoms with Gasteiger partial charge >= 0.3 is 5.97 Å². The number of amides is 4. The van der Waals surface area contributed by atoms with Crippen LogP contribution in [0.3, 0.4) is 0 Å². The molecule has 0 spiro atoms. The quantitative estimate of drug-likeness (QED) is 0.264. The molecule has 6 atom stereocenters. The van der Waals surface area contributed by atoms with Crippen LogP contribution >= 0.6 is 11.6 Å². The van der Waals surface area contributed by atoms with Crippen LogP contribution in [-0.2, 0) is 19.2 Å². The van der Waals surface area contributed by atoms with Crippen LogP contribution in [0.1, 0.15) is 41.6 Å². The Labute approximate surface area is 266 Å². The average molecular weight is 645 g/mol. The average Bonchev–Trinajstić information content (AvgIpc) is 3.37. The summed E-state index contributed by atoms with van der Waals surface area (Å²) in [6.07, 6.45) is 2.06. The first-order valence-electron chi connectivity index (χ1n) is 14.6. The highest BCUT2D eigenvalue weighted by Crippen LogP contribution is 2.64. The molecule has 4 amide bonds. The van der Waals surface area contributed by atoms with Crippen molar-refractivity contribution >= 4 is 52.6 Å². The molecule has 2 aliphatic heterocycles. The number of carbonyl (C=O) groups excluding carboxylic acids is 4. The summed E-state index contributed by atoms with van der Waals surface area (Å²) < 4.78 is 14.0. The second kappa shape index (κ2) is 10.2. The number of carboxylic acids is 1. The van der Waals surface area contributed by atoms with Crippen molar-refractivity contribution in [3.63, 3.8) is 0 Å². The Morgan fingerprint density at radius 3 is 2.30 bits per heavy atom. The number of halogens is 2. The molecule has 0 radical (unpaired) electrons. The maximum absolute atomic E-state index is 14.4. The van der Waals surface area contributed by atoms with E-state index in [4.69, 9.17) is 11.6 Å². The summed E-state index contributed by atoms with van der Waals surface area (Å²) in [5, 5.41) is 29.8. The Balaban J connectivity index is 1.34. The maximum atomic E-state index is 14.4. The number of hydrogen-bond donors (Lipinski definition) is 3. The Hall–Kier alpha value is -5.03. The van der Waals surface area contributed by atoms with Crippen LogP contribution in [0.25, 0.3) is 0 Å². The summed E-state index contributed by atoms with van der Waals surface area (Å²) in [6, 6.07) is 13.4. The van der Waals surface area contributed by atoms with Crippen molar-refractivity contribution in [3.05, 3.63) is 94.3 Å². The topological polar surface area (TPSA) is 153 Å². The van der Waals surface area contributed by atoms with E-state index in [2.05, 4.69) is 0 Å². The normalized spacial score (nSPS) is 28.6. The van der Waals surface area contributed by atoms with E-state index in [0.29, 0.717) is 11.1 Å². The first kappa shape index (κ1) is 29.7. The van der Waals surface area contributed by atoms with Gasteiger partial charge in [-0.15, -0.1) is 0 Å². The standard InChI is InChI=1S/C34H26ClFN2O8/c1-34-23(30(42)38(33(34)46)16-6-10-25(36)24(35)12-16)14-22-19(28(34)15-3-2-4-18(39)11-15)8-9-21-27(22)31(43)37(29(21)41)17-5-7-20(32(44)45)26(40)13-17/h2-8,10-13,21-23,27-28,39-40H,9,14H2,1H3,(H,44,45)/t21-,22+,23-,27-,28-,34+/m0/s1. The van der Waals surface area contributed by atoms with Crippen molar-refractivity contribution in [2.75, 3.05) is 9.80 Å². The van der Waals surface area contributed by atoms with Crippen LogP contribution in [0, 0.1) is 34.9 Å². The molecular weight excluding hydrogens is 619 g/mol. The van der Waals surface area contributed by atoms with Crippen molar-refractivity contribution < 1.29 is 43.7 Å². The zero-order chi connectivity index (χ0) is 32.8. The number of anilines is 2. The molecule has 12 heteroatoms. The Kier molecular flexibility index (Phi) is 6.61. The summed E-state index contributed by atoms with van der Waals surface area (Å²) in [7, 11) is 0. The van der Waals surface area contributed by atoms with Crippen molar-refractivity contribution in [3.8, 4) is 11.5 Å². The third-order valence-electron chi connectivity index (χ3n) is 10.1. The molecule has 0 aromatic heterocycles. The highest BCUT2D eigenvalue weighted by molar-refractivity contribution is 6.32. The number of carbonyl (C=O) groups is 5. The van der Waals surface area contributed by atoms with E-state index >= 15 is 0 Å². The summed E-state index contributed by atoms with van der Waals surface area (Å²) in [5.74, 6) is -8.99. The Morgan fingerprint density at radius 1 is 0.913 bits per heavy atom. The summed E-state index contributed by atoms with van der Waals surface area (Å²) in [5.41, 5.74) is -0.400. The van der Waals surface area contributed by atoms with Gasteiger partial charge in [-0.1, -0.05) is 35.4 Å². The first-order valence-corrected chi connectivity index (χ1v) is 15.0. The van der Waals surface area contributed by atoms with Crippen molar-refractivity contribution in [1.82, 2.24) is 0 Å². The summed E-state index contributed by atoms with van der Waals surface area (Å²) in [4.78, 5) is 69.8. The van der Waals surface area contributed by atoms with E-state index in [1.165, 1.54) is 30.3 Å². The monoisotopic (exact) mass is 644 g/mol. The molecule has 3 aromatic rings. The van der Waals surface area contributed by atoms with E-state index < -0.39 is 76.2 Å². The maximum Gasteiger partial charge on any atom is 0.339 e. The molecule has 0 bridgehead atoms. The number of benzene rings is 3. The number of fused-ring (bicyclic) bond motifs is 4. The predicted molar refractivity (Wildman–Crippen MR) is 162 cm³/mol. The fraction of sp³-hybridized carbons (Fsp3) is 0.265. The van der Waals surface area contributed by atoms with E-state index in [1.54, 1.807) is 19.1 Å². The number of phenols is 2. The van der Waals surface area contributed by atoms with Crippen LogP contribution in [0.2, 0.25) is 5.02 Å².